The van der Waals surface area contributed by atoms with Gasteiger partial charge in [0.05, 0.1) is 24.8 Å². The number of ether oxygens (including phenoxy) is 3. The molecule has 32 heavy (non-hydrogen) atoms. The van der Waals surface area contributed by atoms with E-state index < -0.39 is 17.7 Å². The van der Waals surface area contributed by atoms with Gasteiger partial charge in [0.1, 0.15) is 23.9 Å². The van der Waals surface area contributed by atoms with Crippen LogP contribution in [0.15, 0.2) is 66.8 Å². The summed E-state index contributed by atoms with van der Waals surface area (Å²) < 4.78 is 16.3. The van der Waals surface area contributed by atoms with Crippen LogP contribution in [0.4, 0.5) is 0 Å². The fourth-order valence-corrected chi connectivity index (χ4v) is 3.63. The quantitative estimate of drug-likeness (QED) is 0.264. The standard InChI is InChI=1S/C25H27NO6/c1-4-13-32-20-11-6-8-17(15-20)22-21(24(28)25(29)26(22)12-14-30-3)23(27)18-9-7-10-19(16-18)31-5-2/h4,6-11,15-16,22,27H,1,5,12-14H2,2-3H3/b23-21-. The van der Waals surface area contributed by atoms with Gasteiger partial charge in [0.2, 0.25) is 0 Å². The average Bonchev–Trinajstić information content (AvgIpc) is 3.06. The van der Waals surface area contributed by atoms with Crippen molar-refractivity contribution >= 4 is 17.4 Å². The first-order chi connectivity index (χ1) is 15.5. The summed E-state index contributed by atoms with van der Waals surface area (Å²) in [5.74, 6) is -0.568. The van der Waals surface area contributed by atoms with E-state index in [-0.39, 0.29) is 24.5 Å². The second kappa shape index (κ2) is 10.6. The summed E-state index contributed by atoms with van der Waals surface area (Å²) in [6.07, 6.45) is 1.63. The van der Waals surface area contributed by atoms with Gasteiger partial charge in [-0.3, -0.25) is 9.59 Å². The van der Waals surface area contributed by atoms with Crippen molar-refractivity contribution in [2.75, 3.05) is 33.5 Å². The lowest BCUT2D eigenvalue weighted by Gasteiger charge is -2.25. The number of carbonyl (C=O) groups excluding carboxylic acids is 2. The molecule has 1 amide bonds. The Hall–Kier alpha value is -3.58. The molecule has 1 aliphatic heterocycles. The van der Waals surface area contributed by atoms with Crippen LogP contribution in [0.3, 0.4) is 0 Å². The van der Waals surface area contributed by atoms with Gasteiger partial charge < -0.3 is 24.2 Å². The Balaban J connectivity index is 2.12. The van der Waals surface area contributed by atoms with E-state index in [1.165, 1.54) is 12.0 Å². The number of ketones is 1. The highest BCUT2D eigenvalue weighted by molar-refractivity contribution is 6.46. The molecule has 7 heteroatoms. The molecule has 0 saturated carbocycles. The molecular formula is C25H27NO6. The second-order valence-corrected chi connectivity index (χ2v) is 7.12. The minimum Gasteiger partial charge on any atom is -0.507 e. The van der Waals surface area contributed by atoms with Crippen molar-refractivity contribution in [3.05, 3.63) is 77.9 Å². The number of nitrogens with zero attached hydrogens (tertiary/aromatic N) is 1. The summed E-state index contributed by atoms with van der Waals surface area (Å²) in [6.45, 7) is 6.72. The Kier molecular flexibility index (Phi) is 7.68. The number of hydrogen-bond donors (Lipinski definition) is 1. The first kappa shape index (κ1) is 23.1. The maximum atomic E-state index is 13.0. The van der Waals surface area contributed by atoms with Gasteiger partial charge in [0, 0.05) is 19.2 Å². The van der Waals surface area contributed by atoms with Gasteiger partial charge in [-0.2, -0.15) is 0 Å². The summed E-state index contributed by atoms with van der Waals surface area (Å²) in [4.78, 5) is 27.3. The summed E-state index contributed by atoms with van der Waals surface area (Å²) in [5, 5.41) is 11.1. The number of amides is 1. The van der Waals surface area contributed by atoms with Gasteiger partial charge >= 0.3 is 0 Å². The van der Waals surface area contributed by atoms with Gasteiger partial charge in [-0.05, 0) is 36.8 Å². The van der Waals surface area contributed by atoms with Crippen LogP contribution in [0.2, 0.25) is 0 Å². The van der Waals surface area contributed by atoms with Crippen LogP contribution >= 0.6 is 0 Å². The number of rotatable bonds is 10. The number of benzene rings is 2. The Morgan fingerprint density at radius 2 is 1.84 bits per heavy atom. The van der Waals surface area contributed by atoms with E-state index in [0.29, 0.717) is 35.8 Å². The van der Waals surface area contributed by atoms with E-state index in [9.17, 15) is 14.7 Å². The number of methoxy groups -OCH3 is 1. The summed E-state index contributed by atoms with van der Waals surface area (Å²) in [6, 6.07) is 13.1. The highest BCUT2D eigenvalue weighted by Gasteiger charge is 2.46. The molecular weight excluding hydrogens is 410 g/mol. The smallest absolute Gasteiger partial charge is 0.295 e. The third kappa shape index (κ3) is 4.84. The van der Waals surface area contributed by atoms with E-state index in [0.717, 1.165) is 0 Å². The monoisotopic (exact) mass is 437 g/mol. The van der Waals surface area contributed by atoms with E-state index in [4.69, 9.17) is 14.2 Å². The Morgan fingerprint density at radius 3 is 2.53 bits per heavy atom. The van der Waals surface area contributed by atoms with E-state index in [1.54, 1.807) is 54.6 Å². The zero-order chi connectivity index (χ0) is 23.1. The van der Waals surface area contributed by atoms with Crippen molar-refractivity contribution in [3.63, 3.8) is 0 Å². The Labute approximate surface area is 187 Å². The normalized spacial score (nSPS) is 17.4. The highest BCUT2D eigenvalue weighted by Crippen LogP contribution is 2.40. The summed E-state index contributed by atoms with van der Waals surface area (Å²) in [7, 11) is 1.52. The molecule has 3 rings (SSSR count). The van der Waals surface area contributed by atoms with Crippen molar-refractivity contribution in [1.29, 1.82) is 0 Å². The number of carbonyl (C=O) groups is 2. The molecule has 1 fully saturated rings. The number of aliphatic hydroxyl groups excluding tert-OH is 1. The molecule has 1 aliphatic rings. The van der Waals surface area contributed by atoms with Crippen LogP contribution in [0.1, 0.15) is 24.1 Å². The maximum absolute atomic E-state index is 13.0. The van der Waals surface area contributed by atoms with E-state index >= 15 is 0 Å². The third-order valence-electron chi connectivity index (χ3n) is 5.04. The molecule has 168 valence electrons. The fraction of sp³-hybridized carbons (Fsp3) is 0.280. The molecule has 1 N–H and O–H groups in total. The van der Waals surface area contributed by atoms with Crippen molar-refractivity contribution in [2.24, 2.45) is 0 Å². The summed E-state index contributed by atoms with van der Waals surface area (Å²) in [5.41, 5.74) is 1.05. The van der Waals surface area contributed by atoms with Crippen LogP contribution in [0, 0.1) is 0 Å². The minimum atomic E-state index is -0.784. The van der Waals surface area contributed by atoms with Crippen molar-refractivity contribution in [3.8, 4) is 11.5 Å². The Morgan fingerprint density at radius 1 is 1.12 bits per heavy atom. The van der Waals surface area contributed by atoms with Gasteiger partial charge in [-0.15, -0.1) is 0 Å². The third-order valence-corrected chi connectivity index (χ3v) is 5.04. The van der Waals surface area contributed by atoms with Crippen LogP contribution < -0.4 is 9.47 Å². The predicted molar refractivity (Wildman–Crippen MR) is 121 cm³/mol. The Bertz CT molecular complexity index is 1030. The molecule has 0 spiro atoms. The molecule has 1 saturated heterocycles. The van der Waals surface area contributed by atoms with Gasteiger partial charge in [-0.1, -0.05) is 36.9 Å². The van der Waals surface area contributed by atoms with Crippen molar-refractivity contribution in [1.82, 2.24) is 4.90 Å². The molecule has 0 radical (unpaired) electrons. The second-order valence-electron chi connectivity index (χ2n) is 7.12. The lowest BCUT2D eigenvalue weighted by atomic mass is 9.95. The molecule has 2 aromatic rings. The average molecular weight is 437 g/mol. The van der Waals surface area contributed by atoms with Crippen molar-refractivity contribution in [2.45, 2.75) is 13.0 Å². The highest BCUT2D eigenvalue weighted by atomic mass is 16.5. The number of aliphatic hydroxyl groups is 1. The van der Waals surface area contributed by atoms with Gasteiger partial charge in [0.25, 0.3) is 11.7 Å². The summed E-state index contributed by atoms with van der Waals surface area (Å²) >= 11 is 0. The molecule has 7 nitrogen and oxygen atoms in total. The topological polar surface area (TPSA) is 85.3 Å². The number of Topliss-reactive ketones (excluding diaryl/α,β-unsaturated/α-hetero) is 1. The van der Waals surface area contributed by atoms with Crippen LogP contribution in [-0.4, -0.2) is 55.2 Å². The van der Waals surface area contributed by atoms with Gasteiger partial charge in [0.15, 0.2) is 0 Å². The lowest BCUT2D eigenvalue weighted by molar-refractivity contribution is -0.140. The van der Waals surface area contributed by atoms with Gasteiger partial charge in [-0.25, -0.2) is 0 Å². The first-order valence-electron chi connectivity index (χ1n) is 10.4. The molecule has 0 bridgehead atoms. The van der Waals surface area contributed by atoms with Crippen molar-refractivity contribution < 1.29 is 28.9 Å². The molecule has 1 unspecified atom stereocenters. The number of hydrogen-bond acceptors (Lipinski definition) is 6. The van der Waals surface area contributed by atoms with Crippen LogP contribution in [-0.2, 0) is 14.3 Å². The van der Waals surface area contributed by atoms with E-state index in [2.05, 4.69) is 6.58 Å². The zero-order valence-electron chi connectivity index (χ0n) is 18.2. The lowest BCUT2D eigenvalue weighted by Crippen LogP contribution is -2.32. The molecule has 0 aromatic heterocycles. The molecule has 0 aliphatic carbocycles. The van der Waals surface area contributed by atoms with Crippen LogP contribution in [0.5, 0.6) is 11.5 Å². The minimum absolute atomic E-state index is 0.0145. The first-order valence-corrected chi connectivity index (χ1v) is 10.4. The van der Waals surface area contributed by atoms with Crippen LogP contribution in [0.25, 0.3) is 5.76 Å². The largest absolute Gasteiger partial charge is 0.507 e. The van der Waals surface area contributed by atoms with E-state index in [1.807, 2.05) is 6.92 Å². The zero-order valence-corrected chi connectivity index (χ0v) is 18.2. The fourth-order valence-electron chi connectivity index (χ4n) is 3.63. The maximum Gasteiger partial charge on any atom is 0.295 e. The molecule has 1 atom stereocenters. The number of likely N-dealkylation sites (tertiary alicyclic amines) is 1. The predicted octanol–water partition coefficient (Wildman–Crippen LogP) is 3.72. The SMILES string of the molecule is C=CCOc1cccc(C2/C(=C(/O)c3cccc(OCC)c3)C(=O)C(=O)N2CCOC)c1. The molecule has 2 aromatic carbocycles. The molecule has 1 heterocycles.